The Labute approximate surface area is 120 Å². The third-order valence-corrected chi connectivity index (χ3v) is 3.03. The molecule has 0 saturated heterocycles. The normalized spacial score (nSPS) is 12.2. The van der Waals surface area contributed by atoms with E-state index in [-0.39, 0.29) is 10.9 Å². The van der Waals surface area contributed by atoms with Gasteiger partial charge in [0.1, 0.15) is 5.82 Å². The van der Waals surface area contributed by atoms with Gasteiger partial charge in [-0.2, -0.15) is 0 Å². The first-order chi connectivity index (χ1) is 9.52. The molecule has 20 heavy (non-hydrogen) atoms. The number of pyridine rings is 1. The second-order valence-electron chi connectivity index (χ2n) is 4.11. The van der Waals surface area contributed by atoms with Crippen molar-refractivity contribution in [3.05, 3.63) is 58.2 Å². The van der Waals surface area contributed by atoms with Gasteiger partial charge in [0.15, 0.2) is 5.82 Å². The summed E-state index contributed by atoms with van der Waals surface area (Å²) in [6.07, 6.45) is 0. The predicted molar refractivity (Wildman–Crippen MR) is 72.8 cm³/mol. The summed E-state index contributed by atoms with van der Waals surface area (Å²) < 4.78 is 31.6. The number of nitrogens with two attached hydrogens (primary N) is 1. The molecule has 0 radical (unpaired) electrons. The Morgan fingerprint density at radius 2 is 1.95 bits per heavy atom. The zero-order chi connectivity index (χ0) is 14.7. The quantitative estimate of drug-likeness (QED) is 0.940. The Balaban J connectivity index is 2.34. The van der Waals surface area contributed by atoms with Crippen LogP contribution < -0.4 is 10.5 Å². The molecule has 0 aliphatic rings. The molecule has 0 aliphatic carbocycles. The molecule has 106 valence electrons. The van der Waals surface area contributed by atoms with Gasteiger partial charge in [-0.1, -0.05) is 17.7 Å². The molecule has 0 amide bonds. The highest BCUT2D eigenvalue weighted by Crippen LogP contribution is 2.25. The van der Waals surface area contributed by atoms with E-state index in [4.69, 9.17) is 22.1 Å². The van der Waals surface area contributed by atoms with Gasteiger partial charge in [0.25, 0.3) is 5.88 Å². The summed E-state index contributed by atoms with van der Waals surface area (Å²) in [6.45, 7) is 2.03. The number of aromatic nitrogens is 1. The van der Waals surface area contributed by atoms with Gasteiger partial charge in [0.2, 0.25) is 0 Å². The predicted octanol–water partition coefficient (Wildman–Crippen LogP) is 3.46. The summed E-state index contributed by atoms with van der Waals surface area (Å²) >= 11 is 5.72. The smallest absolute Gasteiger partial charge is 0.250 e. The number of halogens is 3. The van der Waals surface area contributed by atoms with Crippen molar-refractivity contribution in [1.29, 1.82) is 0 Å². The molecular weight excluding hydrogens is 286 g/mol. The van der Waals surface area contributed by atoms with E-state index in [1.807, 2.05) is 0 Å². The topological polar surface area (TPSA) is 48.1 Å². The van der Waals surface area contributed by atoms with Crippen molar-refractivity contribution in [2.75, 3.05) is 6.61 Å². The highest BCUT2D eigenvalue weighted by molar-refractivity contribution is 6.30. The van der Waals surface area contributed by atoms with Crippen LogP contribution in [0.4, 0.5) is 8.78 Å². The van der Waals surface area contributed by atoms with E-state index in [1.165, 1.54) is 30.3 Å². The van der Waals surface area contributed by atoms with Crippen LogP contribution in [0.5, 0.6) is 5.88 Å². The standard InChI is InChI=1S/C14H13ClF2N2O/c1-2-20-14-11(17)5-6-12(19-14)13(18)8-3-4-10(16)9(15)7-8/h3-7,13H,2,18H2,1H3. The van der Waals surface area contributed by atoms with Crippen molar-refractivity contribution in [2.24, 2.45) is 5.73 Å². The highest BCUT2D eigenvalue weighted by atomic mass is 35.5. The van der Waals surface area contributed by atoms with Gasteiger partial charge in [-0.15, -0.1) is 0 Å². The van der Waals surface area contributed by atoms with Gasteiger partial charge >= 0.3 is 0 Å². The minimum atomic E-state index is -0.645. The lowest BCUT2D eigenvalue weighted by Crippen LogP contribution is -2.14. The van der Waals surface area contributed by atoms with Crippen LogP contribution in [-0.2, 0) is 0 Å². The number of benzene rings is 1. The van der Waals surface area contributed by atoms with Crippen LogP contribution in [0.15, 0.2) is 30.3 Å². The van der Waals surface area contributed by atoms with E-state index in [9.17, 15) is 8.78 Å². The number of hydrogen-bond acceptors (Lipinski definition) is 3. The largest absolute Gasteiger partial charge is 0.476 e. The molecule has 0 fully saturated rings. The summed E-state index contributed by atoms with van der Waals surface area (Å²) in [5.41, 5.74) is 7.02. The van der Waals surface area contributed by atoms with Crippen LogP contribution >= 0.6 is 11.6 Å². The molecule has 0 aliphatic heterocycles. The fraction of sp³-hybridized carbons (Fsp3) is 0.214. The molecule has 1 aromatic carbocycles. The molecule has 2 aromatic rings. The molecule has 1 unspecified atom stereocenters. The zero-order valence-corrected chi connectivity index (χ0v) is 11.5. The third-order valence-electron chi connectivity index (χ3n) is 2.74. The van der Waals surface area contributed by atoms with Crippen molar-refractivity contribution >= 4 is 11.6 Å². The number of rotatable bonds is 4. The SMILES string of the molecule is CCOc1nc(C(N)c2ccc(F)c(Cl)c2)ccc1F. The Morgan fingerprint density at radius 1 is 1.25 bits per heavy atom. The van der Waals surface area contributed by atoms with E-state index in [0.29, 0.717) is 17.9 Å². The minimum absolute atomic E-state index is 0.0231. The summed E-state index contributed by atoms with van der Waals surface area (Å²) in [6, 6.07) is 6.21. The first kappa shape index (κ1) is 14.7. The Bertz CT molecular complexity index is 622. The maximum absolute atomic E-state index is 13.4. The fourth-order valence-corrected chi connectivity index (χ4v) is 1.91. The van der Waals surface area contributed by atoms with Crippen molar-refractivity contribution in [3.8, 4) is 5.88 Å². The monoisotopic (exact) mass is 298 g/mol. The highest BCUT2D eigenvalue weighted by Gasteiger charge is 2.15. The van der Waals surface area contributed by atoms with Crippen LogP contribution in [0, 0.1) is 11.6 Å². The van der Waals surface area contributed by atoms with Crippen LogP contribution in [-0.4, -0.2) is 11.6 Å². The van der Waals surface area contributed by atoms with Crippen molar-refractivity contribution in [2.45, 2.75) is 13.0 Å². The summed E-state index contributed by atoms with van der Waals surface area (Å²) in [4.78, 5) is 4.03. The van der Waals surface area contributed by atoms with Gasteiger partial charge in [0, 0.05) is 0 Å². The number of ether oxygens (including phenoxy) is 1. The van der Waals surface area contributed by atoms with Crippen LogP contribution in [0.2, 0.25) is 5.02 Å². The zero-order valence-electron chi connectivity index (χ0n) is 10.7. The summed E-state index contributed by atoms with van der Waals surface area (Å²) in [5.74, 6) is -1.18. The first-order valence-corrected chi connectivity index (χ1v) is 6.40. The molecule has 0 spiro atoms. The van der Waals surface area contributed by atoms with Crippen LogP contribution in [0.25, 0.3) is 0 Å². The molecule has 1 heterocycles. The summed E-state index contributed by atoms with van der Waals surface area (Å²) in [7, 11) is 0. The minimum Gasteiger partial charge on any atom is -0.476 e. The van der Waals surface area contributed by atoms with Gasteiger partial charge in [0.05, 0.1) is 23.4 Å². The van der Waals surface area contributed by atoms with Gasteiger partial charge in [-0.05, 0) is 36.8 Å². The van der Waals surface area contributed by atoms with E-state index in [0.717, 1.165) is 0 Å². The second kappa shape index (κ2) is 6.15. The third kappa shape index (κ3) is 3.05. The Morgan fingerprint density at radius 3 is 2.60 bits per heavy atom. The van der Waals surface area contributed by atoms with Gasteiger partial charge in [-0.25, -0.2) is 13.8 Å². The van der Waals surface area contributed by atoms with Crippen LogP contribution in [0.1, 0.15) is 24.2 Å². The lowest BCUT2D eigenvalue weighted by atomic mass is 10.0. The Hall–Kier alpha value is -1.72. The molecule has 2 rings (SSSR count). The fourth-order valence-electron chi connectivity index (χ4n) is 1.73. The lowest BCUT2D eigenvalue weighted by molar-refractivity contribution is 0.306. The maximum Gasteiger partial charge on any atom is 0.250 e. The van der Waals surface area contributed by atoms with Gasteiger partial charge in [-0.3, -0.25) is 0 Å². The molecule has 0 bridgehead atoms. The molecule has 3 nitrogen and oxygen atoms in total. The summed E-state index contributed by atoms with van der Waals surface area (Å²) in [5, 5.41) is -0.0231. The molecule has 6 heteroatoms. The van der Waals surface area contributed by atoms with Crippen molar-refractivity contribution in [3.63, 3.8) is 0 Å². The maximum atomic E-state index is 13.4. The lowest BCUT2D eigenvalue weighted by Gasteiger charge is -2.13. The van der Waals surface area contributed by atoms with Crippen molar-refractivity contribution < 1.29 is 13.5 Å². The van der Waals surface area contributed by atoms with Crippen LogP contribution in [0.3, 0.4) is 0 Å². The van der Waals surface area contributed by atoms with Gasteiger partial charge < -0.3 is 10.5 Å². The molecule has 0 saturated carbocycles. The van der Waals surface area contributed by atoms with E-state index >= 15 is 0 Å². The molecular formula is C14H13ClF2N2O. The molecule has 1 atom stereocenters. The number of nitrogens with zero attached hydrogens (tertiary/aromatic N) is 1. The van der Waals surface area contributed by atoms with Crippen molar-refractivity contribution in [1.82, 2.24) is 4.98 Å². The molecule has 2 N–H and O–H groups in total. The van der Waals surface area contributed by atoms with E-state index < -0.39 is 17.7 Å². The first-order valence-electron chi connectivity index (χ1n) is 6.02. The number of hydrogen-bond donors (Lipinski definition) is 1. The average molecular weight is 299 g/mol. The Kier molecular flexibility index (Phi) is 4.52. The molecule has 1 aromatic heterocycles. The van der Waals surface area contributed by atoms with E-state index in [2.05, 4.69) is 4.98 Å². The second-order valence-corrected chi connectivity index (χ2v) is 4.51. The average Bonchev–Trinajstić information content (AvgIpc) is 2.44. The van der Waals surface area contributed by atoms with E-state index in [1.54, 1.807) is 6.92 Å².